The van der Waals surface area contributed by atoms with Crippen molar-refractivity contribution in [1.29, 1.82) is 5.26 Å². The average molecular weight is 333 g/mol. The highest BCUT2D eigenvalue weighted by Gasteiger charge is 2.08. The first-order chi connectivity index (χ1) is 11.9. The Labute approximate surface area is 145 Å². The van der Waals surface area contributed by atoms with Gasteiger partial charge in [-0.1, -0.05) is 18.2 Å². The fraction of sp³-hybridized carbons (Fsp3) is 0.105. The molecule has 0 atom stereocenters. The fourth-order valence-corrected chi connectivity index (χ4v) is 2.92. The maximum Gasteiger partial charge on any atom is 0.119 e. The molecule has 3 aromatic rings. The van der Waals surface area contributed by atoms with Gasteiger partial charge in [0.1, 0.15) is 16.8 Å². The van der Waals surface area contributed by atoms with E-state index in [4.69, 9.17) is 4.74 Å². The monoisotopic (exact) mass is 333 g/mol. The zero-order valence-electron chi connectivity index (χ0n) is 12.9. The molecule has 5 heteroatoms. The molecule has 0 saturated carbocycles. The van der Waals surface area contributed by atoms with Crippen molar-refractivity contribution in [2.45, 2.75) is 5.03 Å². The van der Waals surface area contributed by atoms with Crippen LogP contribution < -0.4 is 4.74 Å². The summed E-state index contributed by atoms with van der Waals surface area (Å²) in [5.74, 6) is 1.56. The van der Waals surface area contributed by atoms with Crippen LogP contribution in [0.4, 0.5) is 0 Å². The maximum atomic E-state index is 9.27. The molecule has 24 heavy (non-hydrogen) atoms. The van der Waals surface area contributed by atoms with Gasteiger partial charge in [-0.3, -0.25) is 4.98 Å². The third-order valence-electron chi connectivity index (χ3n) is 3.27. The molecule has 118 valence electrons. The summed E-state index contributed by atoms with van der Waals surface area (Å²) < 4.78 is 5.67. The summed E-state index contributed by atoms with van der Waals surface area (Å²) >= 11 is 1.52. The standard InChI is InChI=1S/C19H15N3OS/c20-13-15-8-9-18(16-5-4-10-21-14-16)22-19(15)24-12-11-23-17-6-2-1-3-7-17/h1-10,14H,11-12H2. The highest BCUT2D eigenvalue weighted by Crippen LogP contribution is 2.25. The number of nitriles is 1. The van der Waals surface area contributed by atoms with Gasteiger partial charge in [-0.2, -0.15) is 5.26 Å². The van der Waals surface area contributed by atoms with Crippen molar-refractivity contribution in [3.05, 3.63) is 72.6 Å². The van der Waals surface area contributed by atoms with Crippen LogP contribution in [0.2, 0.25) is 0 Å². The fourth-order valence-electron chi connectivity index (χ4n) is 2.13. The van der Waals surface area contributed by atoms with E-state index in [1.54, 1.807) is 18.5 Å². The molecule has 0 bridgehead atoms. The molecule has 2 heterocycles. The lowest BCUT2D eigenvalue weighted by atomic mass is 10.2. The smallest absolute Gasteiger partial charge is 0.119 e. The zero-order chi connectivity index (χ0) is 16.6. The summed E-state index contributed by atoms with van der Waals surface area (Å²) in [6.45, 7) is 0.554. The topological polar surface area (TPSA) is 58.8 Å². The van der Waals surface area contributed by atoms with Crippen molar-refractivity contribution < 1.29 is 4.74 Å². The van der Waals surface area contributed by atoms with E-state index in [1.807, 2.05) is 48.5 Å². The third-order valence-corrected chi connectivity index (χ3v) is 4.23. The SMILES string of the molecule is N#Cc1ccc(-c2cccnc2)nc1SCCOc1ccccc1. The molecular formula is C19H15N3OS. The summed E-state index contributed by atoms with van der Waals surface area (Å²) in [6, 6.07) is 19.3. The number of hydrogen-bond acceptors (Lipinski definition) is 5. The van der Waals surface area contributed by atoms with E-state index in [1.165, 1.54) is 11.8 Å². The van der Waals surface area contributed by atoms with E-state index in [2.05, 4.69) is 16.0 Å². The molecule has 0 aliphatic heterocycles. The molecule has 0 amide bonds. The van der Waals surface area contributed by atoms with Crippen molar-refractivity contribution in [3.8, 4) is 23.1 Å². The number of thioether (sulfide) groups is 1. The number of aromatic nitrogens is 2. The van der Waals surface area contributed by atoms with Crippen LogP contribution in [0.15, 0.2) is 72.0 Å². The second kappa shape index (κ2) is 8.14. The van der Waals surface area contributed by atoms with Gasteiger partial charge in [-0.05, 0) is 36.4 Å². The Morgan fingerprint density at radius 1 is 1.04 bits per heavy atom. The Kier molecular flexibility index (Phi) is 5.44. The quantitative estimate of drug-likeness (QED) is 0.500. The molecule has 2 aromatic heterocycles. The van der Waals surface area contributed by atoms with Gasteiger partial charge < -0.3 is 4.74 Å². The van der Waals surface area contributed by atoms with Crippen LogP contribution in [-0.2, 0) is 0 Å². The Bertz CT molecular complexity index is 832. The summed E-state index contributed by atoms with van der Waals surface area (Å²) in [5.41, 5.74) is 2.32. The van der Waals surface area contributed by atoms with E-state index < -0.39 is 0 Å². The van der Waals surface area contributed by atoms with Crippen molar-refractivity contribution >= 4 is 11.8 Å². The first kappa shape index (κ1) is 16.0. The van der Waals surface area contributed by atoms with Crippen molar-refractivity contribution in [1.82, 2.24) is 9.97 Å². The van der Waals surface area contributed by atoms with Crippen LogP contribution in [-0.4, -0.2) is 22.3 Å². The Balaban J connectivity index is 1.67. The van der Waals surface area contributed by atoms with Gasteiger partial charge in [-0.25, -0.2) is 4.98 Å². The number of para-hydroxylation sites is 1. The normalized spacial score (nSPS) is 10.1. The third kappa shape index (κ3) is 4.12. The highest BCUT2D eigenvalue weighted by molar-refractivity contribution is 7.99. The Morgan fingerprint density at radius 2 is 1.92 bits per heavy atom. The number of benzene rings is 1. The van der Waals surface area contributed by atoms with Crippen LogP contribution in [0.5, 0.6) is 5.75 Å². The van der Waals surface area contributed by atoms with E-state index in [0.29, 0.717) is 17.9 Å². The van der Waals surface area contributed by atoms with E-state index in [9.17, 15) is 5.26 Å². The molecule has 0 saturated heterocycles. The summed E-state index contributed by atoms with van der Waals surface area (Å²) in [4.78, 5) is 8.71. The van der Waals surface area contributed by atoms with Gasteiger partial charge in [0.2, 0.25) is 0 Å². The minimum atomic E-state index is 0.554. The second-order valence-electron chi connectivity index (χ2n) is 4.91. The number of rotatable bonds is 6. The van der Waals surface area contributed by atoms with Gasteiger partial charge in [0.05, 0.1) is 17.9 Å². The highest BCUT2D eigenvalue weighted by atomic mass is 32.2. The Hall–Kier alpha value is -2.84. The molecule has 1 aromatic carbocycles. The van der Waals surface area contributed by atoms with E-state index >= 15 is 0 Å². The molecule has 0 spiro atoms. The number of ether oxygens (including phenoxy) is 1. The van der Waals surface area contributed by atoms with Crippen molar-refractivity contribution in [2.24, 2.45) is 0 Å². The maximum absolute atomic E-state index is 9.27. The van der Waals surface area contributed by atoms with Crippen LogP contribution in [0.3, 0.4) is 0 Å². The van der Waals surface area contributed by atoms with Crippen LogP contribution in [0, 0.1) is 11.3 Å². The van der Waals surface area contributed by atoms with Gasteiger partial charge in [0.25, 0.3) is 0 Å². The van der Waals surface area contributed by atoms with Crippen molar-refractivity contribution in [3.63, 3.8) is 0 Å². The average Bonchev–Trinajstić information content (AvgIpc) is 2.66. The summed E-state index contributed by atoms with van der Waals surface area (Å²) in [5, 5.41) is 9.99. The molecular weight excluding hydrogens is 318 g/mol. The lowest BCUT2D eigenvalue weighted by Crippen LogP contribution is -2.01. The van der Waals surface area contributed by atoms with Gasteiger partial charge in [-0.15, -0.1) is 11.8 Å². The van der Waals surface area contributed by atoms with Crippen LogP contribution >= 0.6 is 11.8 Å². The first-order valence-corrected chi connectivity index (χ1v) is 8.47. The predicted octanol–water partition coefficient (Wildman–Crippen LogP) is 4.19. The van der Waals surface area contributed by atoms with E-state index in [-0.39, 0.29) is 0 Å². The summed E-state index contributed by atoms with van der Waals surface area (Å²) in [7, 11) is 0. The van der Waals surface area contributed by atoms with E-state index in [0.717, 1.165) is 22.0 Å². The summed E-state index contributed by atoms with van der Waals surface area (Å²) in [6.07, 6.45) is 3.49. The molecule has 0 radical (unpaired) electrons. The largest absolute Gasteiger partial charge is 0.493 e. The van der Waals surface area contributed by atoms with Crippen molar-refractivity contribution in [2.75, 3.05) is 12.4 Å². The minimum absolute atomic E-state index is 0.554. The molecule has 3 rings (SSSR count). The predicted molar refractivity (Wildman–Crippen MR) is 94.8 cm³/mol. The van der Waals surface area contributed by atoms with Crippen LogP contribution in [0.25, 0.3) is 11.3 Å². The van der Waals surface area contributed by atoms with Gasteiger partial charge in [0.15, 0.2) is 0 Å². The minimum Gasteiger partial charge on any atom is -0.493 e. The number of hydrogen-bond donors (Lipinski definition) is 0. The molecule has 0 N–H and O–H groups in total. The lowest BCUT2D eigenvalue weighted by molar-refractivity contribution is 0.344. The first-order valence-electron chi connectivity index (χ1n) is 7.49. The molecule has 0 aliphatic carbocycles. The molecule has 4 nitrogen and oxygen atoms in total. The van der Waals surface area contributed by atoms with Crippen LogP contribution in [0.1, 0.15) is 5.56 Å². The van der Waals surface area contributed by atoms with Gasteiger partial charge >= 0.3 is 0 Å². The number of nitrogens with zero attached hydrogens (tertiary/aromatic N) is 3. The lowest BCUT2D eigenvalue weighted by Gasteiger charge is -2.08. The van der Waals surface area contributed by atoms with Gasteiger partial charge in [0, 0.05) is 23.7 Å². The second-order valence-corrected chi connectivity index (χ2v) is 6.00. The number of pyridine rings is 2. The zero-order valence-corrected chi connectivity index (χ0v) is 13.7. The molecule has 0 aliphatic rings. The molecule has 0 unspecified atom stereocenters. The Morgan fingerprint density at radius 3 is 2.67 bits per heavy atom. The molecule has 0 fully saturated rings.